The normalized spacial score (nSPS) is 21.3. The van der Waals surface area contributed by atoms with Crippen molar-refractivity contribution in [1.82, 2.24) is 10.2 Å². The zero-order chi connectivity index (χ0) is 21.3. The molecule has 0 bridgehead atoms. The van der Waals surface area contributed by atoms with E-state index < -0.39 is 12.0 Å². The largest absolute Gasteiger partial charge is 0.394 e. The minimum Gasteiger partial charge on any atom is -0.394 e. The van der Waals surface area contributed by atoms with Crippen LogP contribution < -0.4 is 5.32 Å². The van der Waals surface area contributed by atoms with E-state index >= 15 is 0 Å². The number of Topliss-reactive ketones (excluding diaryl/α,β-unsaturated/α-hetero) is 1. The van der Waals surface area contributed by atoms with E-state index in [-0.39, 0.29) is 36.5 Å². The van der Waals surface area contributed by atoms with Gasteiger partial charge in [0.05, 0.1) is 31.8 Å². The van der Waals surface area contributed by atoms with Gasteiger partial charge < -0.3 is 20.1 Å². The van der Waals surface area contributed by atoms with Gasteiger partial charge in [0.1, 0.15) is 5.78 Å². The Kier molecular flexibility index (Phi) is 8.39. The first kappa shape index (κ1) is 22.4. The minimum atomic E-state index is -0.531. The van der Waals surface area contributed by atoms with Gasteiger partial charge in [-0.15, -0.1) is 0 Å². The lowest BCUT2D eigenvalue weighted by atomic mass is 9.93. The van der Waals surface area contributed by atoms with Crippen molar-refractivity contribution in [1.29, 1.82) is 0 Å². The fraction of sp³-hybridized carbons (Fsp3) is 0.609. The summed E-state index contributed by atoms with van der Waals surface area (Å²) < 4.78 is 5.31. The Labute approximate surface area is 177 Å². The number of aliphatic hydroxyl groups excluding tert-OH is 1. The van der Waals surface area contributed by atoms with E-state index in [1.54, 1.807) is 4.90 Å². The summed E-state index contributed by atoms with van der Waals surface area (Å²) in [4.78, 5) is 39.6. The Morgan fingerprint density at radius 2 is 1.93 bits per heavy atom. The van der Waals surface area contributed by atoms with E-state index in [1.807, 2.05) is 30.3 Å². The molecule has 2 N–H and O–H groups in total. The van der Waals surface area contributed by atoms with Crippen molar-refractivity contribution in [2.45, 2.75) is 44.6 Å². The average molecular weight is 417 g/mol. The van der Waals surface area contributed by atoms with E-state index in [9.17, 15) is 19.5 Å². The first-order valence-corrected chi connectivity index (χ1v) is 10.9. The number of ketones is 1. The maximum Gasteiger partial charge on any atom is 0.224 e. The van der Waals surface area contributed by atoms with Crippen molar-refractivity contribution in [2.24, 2.45) is 11.8 Å². The number of carbonyl (C=O) groups is 3. The Morgan fingerprint density at radius 3 is 2.57 bits per heavy atom. The summed E-state index contributed by atoms with van der Waals surface area (Å²) in [5.74, 6) is -0.710. The number of amides is 2. The minimum absolute atomic E-state index is 0.0547. The lowest BCUT2D eigenvalue weighted by Crippen LogP contribution is -2.46. The van der Waals surface area contributed by atoms with Gasteiger partial charge in [0.2, 0.25) is 11.8 Å². The van der Waals surface area contributed by atoms with Gasteiger partial charge in [0.15, 0.2) is 0 Å². The average Bonchev–Trinajstić information content (AvgIpc) is 3.18. The fourth-order valence-corrected chi connectivity index (χ4v) is 4.29. The van der Waals surface area contributed by atoms with Crippen LogP contribution in [0.3, 0.4) is 0 Å². The van der Waals surface area contributed by atoms with Gasteiger partial charge in [-0.3, -0.25) is 14.4 Å². The second-order valence-electron chi connectivity index (χ2n) is 8.26. The van der Waals surface area contributed by atoms with Crippen LogP contribution in [-0.4, -0.2) is 66.6 Å². The molecule has 1 heterocycles. The van der Waals surface area contributed by atoms with Gasteiger partial charge in [0, 0.05) is 31.8 Å². The second kappa shape index (κ2) is 11.2. The van der Waals surface area contributed by atoms with Crippen LogP contribution in [0.4, 0.5) is 0 Å². The van der Waals surface area contributed by atoms with Crippen LogP contribution in [0, 0.1) is 11.8 Å². The monoisotopic (exact) mass is 416 g/mol. The summed E-state index contributed by atoms with van der Waals surface area (Å²) in [5, 5.41) is 12.7. The summed E-state index contributed by atoms with van der Waals surface area (Å²) in [6.45, 7) is 1.90. The third-order valence-electron chi connectivity index (χ3n) is 6.05. The van der Waals surface area contributed by atoms with Crippen LogP contribution >= 0.6 is 0 Å². The molecule has 7 heteroatoms. The molecule has 1 aliphatic carbocycles. The van der Waals surface area contributed by atoms with Gasteiger partial charge in [0.25, 0.3) is 0 Å². The van der Waals surface area contributed by atoms with Crippen LogP contribution in [0.5, 0.6) is 0 Å². The molecule has 1 unspecified atom stereocenters. The SMILES string of the molecule is O=C1CCCC1C[C@@H](CO)NC(=O)[C@@H](CC(=O)N1CCOCC1)Cc1ccccc1. The quantitative estimate of drug-likeness (QED) is 0.633. The molecule has 30 heavy (non-hydrogen) atoms. The third-order valence-corrected chi connectivity index (χ3v) is 6.05. The molecule has 2 aliphatic rings. The lowest BCUT2D eigenvalue weighted by molar-refractivity contribution is -0.139. The number of rotatable bonds is 9. The number of benzene rings is 1. The van der Waals surface area contributed by atoms with E-state index in [4.69, 9.17) is 4.74 Å². The number of carbonyl (C=O) groups excluding carboxylic acids is 3. The van der Waals surface area contributed by atoms with Crippen LogP contribution in [0.25, 0.3) is 0 Å². The predicted octanol–water partition coefficient (Wildman–Crippen LogP) is 1.33. The number of aliphatic hydroxyl groups is 1. The lowest BCUT2D eigenvalue weighted by Gasteiger charge is -2.29. The van der Waals surface area contributed by atoms with Crippen molar-refractivity contribution >= 4 is 17.6 Å². The van der Waals surface area contributed by atoms with Gasteiger partial charge in [-0.1, -0.05) is 30.3 Å². The summed E-state index contributed by atoms with van der Waals surface area (Å²) in [6, 6.07) is 9.16. The summed E-state index contributed by atoms with van der Waals surface area (Å²) in [7, 11) is 0. The molecule has 7 nitrogen and oxygen atoms in total. The van der Waals surface area contributed by atoms with E-state index in [0.29, 0.717) is 45.6 Å². The standard InChI is InChI=1S/C23H32N2O5/c26-16-20(14-18-7-4-8-21(18)27)24-23(29)19(13-17-5-2-1-3-6-17)15-22(28)25-9-11-30-12-10-25/h1-3,5-6,18-20,26H,4,7-16H2,(H,24,29)/t18?,19-,20+/m1/s1. The van der Waals surface area contributed by atoms with Gasteiger partial charge in [-0.05, 0) is 31.2 Å². The molecule has 2 fully saturated rings. The van der Waals surface area contributed by atoms with E-state index in [0.717, 1.165) is 18.4 Å². The molecule has 1 aromatic rings. The zero-order valence-electron chi connectivity index (χ0n) is 17.4. The Balaban J connectivity index is 1.65. The molecule has 164 valence electrons. The number of nitrogens with one attached hydrogen (secondary N) is 1. The molecule has 3 atom stereocenters. The van der Waals surface area contributed by atoms with Crippen LogP contribution in [0.2, 0.25) is 0 Å². The van der Waals surface area contributed by atoms with Crippen LogP contribution in [-0.2, 0) is 25.5 Å². The first-order chi connectivity index (χ1) is 14.6. The van der Waals surface area contributed by atoms with Crippen molar-refractivity contribution in [3.63, 3.8) is 0 Å². The molecule has 1 saturated carbocycles. The third kappa shape index (κ3) is 6.37. The molecule has 3 rings (SSSR count). The molecule has 0 radical (unpaired) electrons. The number of morpholine rings is 1. The highest BCUT2D eigenvalue weighted by atomic mass is 16.5. The smallest absolute Gasteiger partial charge is 0.224 e. The molecular weight excluding hydrogens is 384 g/mol. The number of hydrogen-bond donors (Lipinski definition) is 2. The van der Waals surface area contributed by atoms with Crippen molar-refractivity contribution in [3.05, 3.63) is 35.9 Å². The molecule has 0 spiro atoms. The van der Waals surface area contributed by atoms with Crippen LogP contribution in [0.1, 0.15) is 37.7 Å². The molecule has 1 saturated heterocycles. The van der Waals surface area contributed by atoms with Gasteiger partial charge in [-0.25, -0.2) is 0 Å². The topological polar surface area (TPSA) is 95.9 Å². The number of hydrogen-bond acceptors (Lipinski definition) is 5. The molecule has 0 aromatic heterocycles. The highest BCUT2D eigenvalue weighted by Crippen LogP contribution is 2.26. The van der Waals surface area contributed by atoms with Crippen molar-refractivity contribution in [2.75, 3.05) is 32.9 Å². The fourth-order valence-electron chi connectivity index (χ4n) is 4.29. The maximum absolute atomic E-state index is 13.1. The summed E-state index contributed by atoms with van der Waals surface area (Å²) in [5.41, 5.74) is 0.985. The molecule has 2 amide bonds. The molecule has 1 aromatic carbocycles. The Bertz CT molecular complexity index is 718. The molecular formula is C23H32N2O5. The maximum atomic E-state index is 13.1. The van der Waals surface area contributed by atoms with Crippen molar-refractivity contribution < 1.29 is 24.2 Å². The first-order valence-electron chi connectivity index (χ1n) is 10.9. The molecule has 1 aliphatic heterocycles. The van der Waals surface area contributed by atoms with Crippen molar-refractivity contribution in [3.8, 4) is 0 Å². The summed E-state index contributed by atoms with van der Waals surface area (Å²) in [6.07, 6.45) is 3.29. The van der Waals surface area contributed by atoms with E-state index in [2.05, 4.69) is 5.32 Å². The van der Waals surface area contributed by atoms with Crippen LogP contribution in [0.15, 0.2) is 30.3 Å². The second-order valence-corrected chi connectivity index (χ2v) is 8.26. The highest BCUT2D eigenvalue weighted by Gasteiger charge is 2.31. The Hall–Kier alpha value is -2.25. The highest BCUT2D eigenvalue weighted by molar-refractivity contribution is 5.86. The van der Waals surface area contributed by atoms with E-state index in [1.165, 1.54) is 0 Å². The zero-order valence-corrected chi connectivity index (χ0v) is 17.4. The van der Waals surface area contributed by atoms with Gasteiger partial charge >= 0.3 is 0 Å². The van der Waals surface area contributed by atoms with Gasteiger partial charge in [-0.2, -0.15) is 0 Å². The Morgan fingerprint density at radius 1 is 1.20 bits per heavy atom. The number of nitrogens with zero attached hydrogens (tertiary/aromatic N) is 1. The predicted molar refractivity (Wildman–Crippen MR) is 112 cm³/mol. The number of ether oxygens (including phenoxy) is 1. The summed E-state index contributed by atoms with van der Waals surface area (Å²) >= 11 is 0.